The normalized spacial score (nSPS) is 19.8. The molecule has 0 saturated heterocycles. The van der Waals surface area contributed by atoms with E-state index in [0.717, 1.165) is 10.0 Å². The minimum absolute atomic E-state index is 0.508. The number of aliphatic carboxylic acids is 1. The molecule has 0 unspecified atom stereocenters. The molecule has 0 atom stereocenters. The van der Waals surface area contributed by atoms with Gasteiger partial charge in [0.25, 0.3) is 0 Å². The smallest absolute Gasteiger partial charge is 0.314 e. The van der Waals surface area contributed by atoms with Gasteiger partial charge in [0.1, 0.15) is 13.2 Å². The highest BCUT2D eigenvalue weighted by molar-refractivity contribution is 9.10. The van der Waals surface area contributed by atoms with E-state index in [-0.39, 0.29) is 0 Å². The molecule has 0 aromatic heterocycles. The number of carboxylic acids is 1. The van der Waals surface area contributed by atoms with E-state index < -0.39 is 11.4 Å². The van der Waals surface area contributed by atoms with Crippen molar-refractivity contribution >= 4 is 21.9 Å². The lowest BCUT2D eigenvalue weighted by Gasteiger charge is -2.21. The Morgan fingerprint density at radius 3 is 2.35 bits per heavy atom. The van der Waals surface area contributed by atoms with Crippen molar-refractivity contribution in [1.29, 1.82) is 0 Å². The highest BCUT2D eigenvalue weighted by Gasteiger charge is 2.53. The third kappa shape index (κ3) is 1.60. The van der Waals surface area contributed by atoms with Gasteiger partial charge in [0.2, 0.25) is 0 Å². The molecule has 0 amide bonds. The number of ether oxygens (including phenoxy) is 2. The zero-order valence-electron chi connectivity index (χ0n) is 9.03. The minimum Gasteiger partial charge on any atom is -0.486 e. The van der Waals surface area contributed by atoms with E-state index in [1.165, 1.54) is 0 Å². The first-order chi connectivity index (χ1) is 8.13. The zero-order chi connectivity index (χ0) is 12.0. The van der Waals surface area contributed by atoms with Crippen LogP contribution in [0, 0.1) is 0 Å². The first kappa shape index (κ1) is 10.9. The topological polar surface area (TPSA) is 55.8 Å². The number of carboxylic acid groups (broad SMARTS) is 1. The predicted molar refractivity (Wildman–Crippen MR) is 63.7 cm³/mol. The molecular weight excluding hydrogens is 288 g/mol. The second-order valence-electron chi connectivity index (χ2n) is 4.36. The molecule has 5 heteroatoms. The number of hydrogen-bond acceptors (Lipinski definition) is 3. The average molecular weight is 299 g/mol. The summed E-state index contributed by atoms with van der Waals surface area (Å²) >= 11 is 3.42. The predicted octanol–water partition coefficient (Wildman–Crippen LogP) is 2.34. The van der Waals surface area contributed by atoms with E-state index in [1.807, 2.05) is 0 Å². The van der Waals surface area contributed by atoms with Gasteiger partial charge in [0.05, 0.1) is 5.41 Å². The molecule has 2 aliphatic rings. The SMILES string of the molecule is O=C(O)C1(c2cc3c(cc2Br)OCCO3)CC1. The van der Waals surface area contributed by atoms with Gasteiger partial charge in [-0.15, -0.1) is 0 Å². The van der Waals surface area contributed by atoms with Crippen molar-refractivity contribution in [2.24, 2.45) is 0 Å². The minimum atomic E-state index is -0.769. The molecule has 4 nitrogen and oxygen atoms in total. The Morgan fingerprint density at radius 1 is 1.24 bits per heavy atom. The van der Waals surface area contributed by atoms with Gasteiger partial charge in [0, 0.05) is 4.47 Å². The van der Waals surface area contributed by atoms with Crippen molar-refractivity contribution in [2.45, 2.75) is 18.3 Å². The highest BCUT2D eigenvalue weighted by atomic mass is 79.9. The van der Waals surface area contributed by atoms with Crippen LogP contribution in [0.25, 0.3) is 0 Å². The van der Waals surface area contributed by atoms with E-state index in [2.05, 4.69) is 15.9 Å². The third-order valence-electron chi connectivity index (χ3n) is 3.31. The molecule has 1 aromatic rings. The van der Waals surface area contributed by atoms with Gasteiger partial charge in [-0.25, -0.2) is 0 Å². The van der Waals surface area contributed by atoms with Crippen LogP contribution in [0.2, 0.25) is 0 Å². The molecule has 17 heavy (non-hydrogen) atoms. The lowest BCUT2D eigenvalue weighted by atomic mass is 9.95. The fourth-order valence-electron chi connectivity index (χ4n) is 2.15. The Hall–Kier alpha value is -1.23. The maximum atomic E-state index is 11.3. The molecule has 0 bridgehead atoms. The monoisotopic (exact) mass is 298 g/mol. The van der Waals surface area contributed by atoms with Gasteiger partial charge >= 0.3 is 5.97 Å². The molecule has 3 rings (SSSR count). The zero-order valence-corrected chi connectivity index (χ0v) is 10.6. The molecule has 1 aromatic carbocycles. The van der Waals surface area contributed by atoms with Crippen molar-refractivity contribution in [1.82, 2.24) is 0 Å². The number of halogens is 1. The van der Waals surface area contributed by atoms with Crippen LogP contribution in [0.15, 0.2) is 16.6 Å². The second kappa shape index (κ2) is 3.63. The summed E-state index contributed by atoms with van der Waals surface area (Å²) in [4.78, 5) is 11.3. The summed E-state index contributed by atoms with van der Waals surface area (Å²) in [6, 6.07) is 3.59. The van der Waals surface area contributed by atoms with Gasteiger partial charge in [0.15, 0.2) is 11.5 Å². The summed E-state index contributed by atoms with van der Waals surface area (Å²) in [5.74, 6) is 0.546. The Kier molecular flexibility index (Phi) is 2.33. The fraction of sp³-hybridized carbons (Fsp3) is 0.417. The van der Waals surface area contributed by atoms with Crippen LogP contribution in [0.1, 0.15) is 18.4 Å². The van der Waals surface area contributed by atoms with Gasteiger partial charge in [-0.05, 0) is 30.5 Å². The summed E-state index contributed by atoms with van der Waals surface area (Å²) in [5, 5.41) is 9.29. The van der Waals surface area contributed by atoms with E-state index in [4.69, 9.17) is 9.47 Å². The maximum Gasteiger partial charge on any atom is 0.314 e. The van der Waals surface area contributed by atoms with Crippen molar-refractivity contribution in [3.8, 4) is 11.5 Å². The number of carbonyl (C=O) groups is 1. The van der Waals surface area contributed by atoms with Gasteiger partial charge in [-0.2, -0.15) is 0 Å². The standard InChI is InChI=1S/C12H11BrO4/c13-8-6-10-9(16-3-4-17-10)5-7(8)12(1-2-12)11(14)15/h5-6H,1-4H2,(H,14,15). The van der Waals surface area contributed by atoms with Gasteiger partial charge < -0.3 is 14.6 Å². The lowest BCUT2D eigenvalue weighted by Crippen LogP contribution is -2.21. The largest absolute Gasteiger partial charge is 0.486 e. The Labute approximate surface area is 107 Å². The van der Waals surface area contributed by atoms with E-state index >= 15 is 0 Å². The number of fused-ring (bicyclic) bond motifs is 1. The van der Waals surface area contributed by atoms with Crippen molar-refractivity contribution in [3.63, 3.8) is 0 Å². The number of hydrogen-bond donors (Lipinski definition) is 1. The number of rotatable bonds is 2. The van der Waals surface area contributed by atoms with Crippen LogP contribution >= 0.6 is 15.9 Å². The van der Waals surface area contributed by atoms with Crippen LogP contribution in [0.3, 0.4) is 0 Å². The van der Waals surface area contributed by atoms with Crippen molar-refractivity contribution < 1.29 is 19.4 Å². The summed E-state index contributed by atoms with van der Waals surface area (Å²) in [6.45, 7) is 1.04. The van der Waals surface area contributed by atoms with Crippen molar-refractivity contribution in [3.05, 3.63) is 22.2 Å². The fourth-order valence-corrected chi connectivity index (χ4v) is 2.86. The van der Waals surface area contributed by atoms with Crippen molar-refractivity contribution in [2.75, 3.05) is 13.2 Å². The molecule has 1 aliphatic carbocycles. The highest BCUT2D eigenvalue weighted by Crippen LogP contribution is 2.53. The lowest BCUT2D eigenvalue weighted by molar-refractivity contribution is -0.140. The Balaban J connectivity index is 2.09. The first-order valence-corrected chi connectivity index (χ1v) is 6.26. The van der Waals surface area contributed by atoms with Crippen LogP contribution in [0.5, 0.6) is 11.5 Å². The molecule has 0 radical (unpaired) electrons. The summed E-state index contributed by atoms with van der Waals surface area (Å²) in [5.41, 5.74) is 0.0588. The molecule has 1 aliphatic heterocycles. The summed E-state index contributed by atoms with van der Waals surface area (Å²) in [7, 11) is 0. The Morgan fingerprint density at radius 2 is 1.82 bits per heavy atom. The third-order valence-corrected chi connectivity index (χ3v) is 3.96. The first-order valence-electron chi connectivity index (χ1n) is 5.46. The van der Waals surface area contributed by atoms with Gasteiger partial charge in [-0.1, -0.05) is 15.9 Å². The van der Waals surface area contributed by atoms with Crippen LogP contribution in [-0.4, -0.2) is 24.3 Å². The quantitative estimate of drug-likeness (QED) is 0.910. The number of benzene rings is 1. The Bertz CT molecular complexity index is 494. The van der Waals surface area contributed by atoms with Crippen LogP contribution in [-0.2, 0) is 10.2 Å². The van der Waals surface area contributed by atoms with E-state index in [1.54, 1.807) is 12.1 Å². The molecule has 90 valence electrons. The second-order valence-corrected chi connectivity index (χ2v) is 5.22. The maximum absolute atomic E-state index is 11.3. The molecular formula is C12H11BrO4. The summed E-state index contributed by atoms with van der Waals surface area (Å²) < 4.78 is 11.7. The summed E-state index contributed by atoms with van der Waals surface area (Å²) in [6.07, 6.45) is 1.36. The molecule has 1 saturated carbocycles. The molecule has 1 N–H and O–H groups in total. The molecule has 1 heterocycles. The molecule has 1 fully saturated rings. The molecule has 0 spiro atoms. The van der Waals surface area contributed by atoms with Crippen LogP contribution < -0.4 is 9.47 Å². The van der Waals surface area contributed by atoms with Gasteiger partial charge in [-0.3, -0.25) is 4.79 Å². The van der Waals surface area contributed by atoms with Crippen LogP contribution in [0.4, 0.5) is 0 Å². The van der Waals surface area contributed by atoms with E-state index in [9.17, 15) is 9.90 Å². The van der Waals surface area contributed by atoms with E-state index in [0.29, 0.717) is 37.6 Å². The average Bonchev–Trinajstić information content (AvgIpc) is 3.09.